The fourth-order valence-corrected chi connectivity index (χ4v) is 3.07. The number of likely N-dealkylation sites (tertiary alicyclic amines) is 1. The lowest BCUT2D eigenvalue weighted by molar-refractivity contribution is 0.0802. The van der Waals surface area contributed by atoms with Crippen molar-refractivity contribution in [1.29, 1.82) is 0 Å². The van der Waals surface area contributed by atoms with E-state index in [0.717, 1.165) is 50.4 Å². The number of piperidine rings is 1. The van der Waals surface area contributed by atoms with Crippen LogP contribution in [0.4, 0.5) is 0 Å². The van der Waals surface area contributed by atoms with E-state index in [1.807, 2.05) is 18.2 Å². The SMILES string of the molecule is COCCN1CCC(C(=O)c2ccc3c(c2)OCCO3)CC1. The first kappa shape index (κ1) is 15.3. The van der Waals surface area contributed by atoms with Gasteiger partial charge in [-0.2, -0.15) is 0 Å². The van der Waals surface area contributed by atoms with Gasteiger partial charge < -0.3 is 19.1 Å². The Kier molecular flexibility index (Phi) is 4.95. The van der Waals surface area contributed by atoms with Crippen molar-refractivity contribution < 1.29 is 19.0 Å². The van der Waals surface area contributed by atoms with Crippen LogP contribution in [0.3, 0.4) is 0 Å². The third kappa shape index (κ3) is 3.42. The zero-order valence-electron chi connectivity index (χ0n) is 13.0. The van der Waals surface area contributed by atoms with E-state index in [0.29, 0.717) is 19.0 Å². The summed E-state index contributed by atoms with van der Waals surface area (Å²) in [5, 5.41) is 0. The summed E-state index contributed by atoms with van der Waals surface area (Å²) >= 11 is 0. The summed E-state index contributed by atoms with van der Waals surface area (Å²) in [7, 11) is 1.72. The summed E-state index contributed by atoms with van der Waals surface area (Å²) in [6.45, 7) is 4.74. The Hall–Kier alpha value is -1.59. The molecule has 120 valence electrons. The van der Waals surface area contributed by atoms with Gasteiger partial charge in [-0.3, -0.25) is 4.79 Å². The van der Waals surface area contributed by atoms with Gasteiger partial charge in [-0.15, -0.1) is 0 Å². The highest BCUT2D eigenvalue weighted by Gasteiger charge is 2.26. The van der Waals surface area contributed by atoms with Crippen LogP contribution in [0.25, 0.3) is 0 Å². The van der Waals surface area contributed by atoms with Gasteiger partial charge in [-0.05, 0) is 44.1 Å². The van der Waals surface area contributed by atoms with Gasteiger partial charge in [0.2, 0.25) is 0 Å². The summed E-state index contributed by atoms with van der Waals surface area (Å²) in [5.74, 6) is 1.76. The van der Waals surface area contributed by atoms with E-state index in [-0.39, 0.29) is 11.7 Å². The van der Waals surface area contributed by atoms with Crippen molar-refractivity contribution in [1.82, 2.24) is 4.90 Å². The summed E-state index contributed by atoms with van der Waals surface area (Å²) in [6.07, 6.45) is 1.83. The molecule has 3 rings (SSSR count). The normalized spacial score (nSPS) is 19.1. The Labute approximate surface area is 131 Å². The minimum absolute atomic E-state index is 0.112. The van der Waals surface area contributed by atoms with Crippen LogP contribution in [0.2, 0.25) is 0 Å². The highest BCUT2D eigenvalue weighted by atomic mass is 16.6. The summed E-state index contributed by atoms with van der Waals surface area (Å²) < 4.78 is 16.2. The number of hydrogen-bond donors (Lipinski definition) is 0. The van der Waals surface area contributed by atoms with Crippen LogP contribution >= 0.6 is 0 Å². The molecule has 5 heteroatoms. The fraction of sp³-hybridized carbons (Fsp3) is 0.588. The molecule has 0 amide bonds. The standard InChI is InChI=1S/C17H23NO4/c1-20-9-8-18-6-4-13(5-7-18)17(19)14-2-3-15-16(12-14)22-11-10-21-15/h2-3,12-13H,4-11H2,1H3. The van der Waals surface area contributed by atoms with E-state index < -0.39 is 0 Å². The molecule has 0 bridgehead atoms. The summed E-state index contributed by atoms with van der Waals surface area (Å²) in [5.41, 5.74) is 0.736. The van der Waals surface area contributed by atoms with Crippen LogP contribution in [-0.2, 0) is 4.74 Å². The monoisotopic (exact) mass is 305 g/mol. The largest absolute Gasteiger partial charge is 0.486 e. The predicted octanol–water partition coefficient (Wildman–Crippen LogP) is 2.00. The van der Waals surface area contributed by atoms with Crippen molar-refractivity contribution in [3.05, 3.63) is 23.8 Å². The van der Waals surface area contributed by atoms with Crippen molar-refractivity contribution in [2.24, 2.45) is 5.92 Å². The molecule has 0 aromatic heterocycles. The molecule has 0 spiro atoms. The molecule has 1 fully saturated rings. The van der Waals surface area contributed by atoms with E-state index in [1.54, 1.807) is 7.11 Å². The number of nitrogens with zero attached hydrogens (tertiary/aromatic N) is 1. The zero-order valence-corrected chi connectivity index (χ0v) is 13.0. The molecule has 2 aliphatic rings. The Balaban J connectivity index is 1.60. The van der Waals surface area contributed by atoms with Crippen molar-refractivity contribution in [2.75, 3.05) is 46.6 Å². The lowest BCUT2D eigenvalue weighted by atomic mass is 9.88. The van der Waals surface area contributed by atoms with Gasteiger partial charge >= 0.3 is 0 Å². The van der Waals surface area contributed by atoms with Crippen LogP contribution in [0.1, 0.15) is 23.2 Å². The lowest BCUT2D eigenvalue weighted by Gasteiger charge is -2.31. The molecule has 0 atom stereocenters. The second-order valence-corrected chi connectivity index (χ2v) is 5.83. The minimum atomic E-state index is 0.112. The van der Waals surface area contributed by atoms with Gasteiger partial charge in [-0.25, -0.2) is 0 Å². The maximum absolute atomic E-state index is 12.7. The maximum Gasteiger partial charge on any atom is 0.166 e. The van der Waals surface area contributed by atoms with Crippen LogP contribution in [0, 0.1) is 5.92 Å². The topological polar surface area (TPSA) is 48.0 Å². The third-order valence-electron chi connectivity index (χ3n) is 4.40. The number of benzene rings is 1. The van der Waals surface area contributed by atoms with Gasteiger partial charge in [0.05, 0.1) is 6.61 Å². The molecule has 0 saturated carbocycles. The molecule has 5 nitrogen and oxygen atoms in total. The van der Waals surface area contributed by atoms with E-state index in [9.17, 15) is 4.79 Å². The molecule has 0 aliphatic carbocycles. The number of ether oxygens (including phenoxy) is 3. The second kappa shape index (κ2) is 7.11. The first-order valence-corrected chi connectivity index (χ1v) is 7.93. The van der Waals surface area contributed by atoms with Gasteiger partial charge in [-0.1, -0.05) is 0 Å². The number of carbonyl (C=O) groups excluding carboxylic acids is 1. The quantitative estimate of drug-likeness (QED) is 0.779. The molecule has 1 saturated heterocycles. The fourth-order valence-electron chi connectivity index (χ4n) is 3.07. The number of Topliss-reactive ketones (excluding diaryl/α,β-unsaturated/α-hetero) is 1. The number of methoxy groups -OCH3 is 1. The molecule has 1 aromatic rings. The molecule has 0 radical (unpaired) electrons. The third-order valence-corrected chi connectivity index (χ3v) is 4.40. The first-order chi connectivity index (χ1) is 10.8. The maximum atomic E-state index is 12.7. The van der Waals surface area contributed by atoms with Crippen LogP contribution < -0.4 is 9.47 Å². The Bertz CT molecular complexity index is 523. The van der Waals surface area contributed by atoms with E-state index in [1.165, 1.54) is 0 Å². The zero-order chi connectivity index (χ0) is 15.4. The molecule has 2 heterocycles. The minimum Gasteiger partial charge on any atom is -0.486 e. The Morgan fingerprint density at radius 2 is 1.95 bits per heavy atom. The van der Waals surface area contributed by atoms with Gasteiger partial charge in [0.25, 0.3) is 0 Å². The molecule has 0 unspecified atom stereocenters. The summed E-state index contributed by atoms with van der Waals surface area (Å²) in [6, 6.07) is 5.52. The van der Waals surface area contributed by atoms with Crippen molar-refractivity contribution in [2.45, 2.75) is 12.8 Å². The Morgan fingerprint density at radius 1 is 1.23 bits per heavy atom. The first-order valence-electron chi connectivity index (χ1n) is 7.93. The van der Waals surface area contributed by atoms with Gasteiger partial charge in [0, 0.05) is 25.1 Å². The number of fused-ring (bicyclic) bond motifs is 1. The molecular formula is C17H23NO4. The smallest absolute Gasteiger partial charge is 0.166 e. The van der Waals surface area contributed by atoms with Crippen molar-refractivity contribution in [3.63, 3.8) is 0 Å². The number of rotatable bonds is 5. The van der Waals surface area contributed by atoms with Gasteiger partial charge in [0.1, 0.15) is 13.2 Å². The molecular weight excluding hydrogens is 282 g/mol. The number of ketones is 1. The molecule has 0 N–H and O–H groups in total. The van der Waals surface area contributed by atoms with E-state index in [4.69, 9.17) is 14.2 Å². The number of carbonyl (C=O) groups is 1. The summed E-state index contributed by atoms with van der Waals surface area (Å²) in [4.78, 5) is 15.0. The van der Waals surface area contributed by atoms with Crippen molar-refractivity contribution in [3.8, 4) is 11.5 Å². The van der Waals surface area contributed by atoms with Gasteiger partial charge in [0.15, 0.2) is 17.3 Å². The van der Waals surface area contributed by atoms with Crippen LogP contribution in [0.5, 0.6) is 11.5 Å². The van der Waals surface area contributed by atoms with E-state index in [2.05, 4.69) is 4.90 Å². The van der Waals surface area contributed by atoms with Crippen LogP contribution in [0.15, 0.2) is 18.2 Å². The predicted molar refractivity (Wildman–Crippen MR) is 82.8 cm³/mol. The van der Waals surface area contributed by atoms with Crippen LogP contribution in [-0.4, -0.2) is 57.2 Å². The molecule has 22 heavy (non-hydrogen) atoms. The lowest BCUT2D eigenvalue weighted by Crippen LogP contribution is -2.38. The van der Waals surface area contributed by atoms with E-state index >= 15 is 0 Å². The average molecular weight is 305 g/mol. The highest BCUT2D eigenvalue weighted by molar-refractivity contribution is 5.98. The molecule has 2 aliphatic heterocycles. The molecule has 1 aromatic carbocycles. The second-order valence-electron chi connectivity index (χ2n) is 5.83. The highest BCUT2D eigenvalue weighted by Crippen LogP contribution is 2.32. The average Bonchev–Trinajstić information content (AvgIpc) is 2.59. The number of hydrogen-bond acceptors (Lipinski definition) is 5. The van der Waals surface area contributed by atoms with Crippen molar-refractivity contribution >= 4 is 5.78 Å². The Morgan fingerprint density at radius 3 is 2.68 bits per heavy atom.